The third-order valence-electron chi connectivity index (χ3n) is 13.1. The summed E-state index contributed by atoms with van der Waals surface area (Å²) in [5.74, 6) is -0.831. The van der Waals surface area contributed by atoms with Crippen LogP contribution in [0.15, 0.2) is 36.5 Å². The molecule has 0 aromatic heterocycles. The Bertz CT molecular complexity index is 1280. The van der Waals surface area contributed by atoms with Crippen LogP contribution in [0.3, 0.4) is 0 Å². The number of allylic oxidation sites excluding steroid dienone is 6. The number of hydrogen-bond donors (Lipinski definition) is 0. The Kier molecular flexibility index (Phi) is 50.8. The largest absolute Gasteiger partial charge is 0.756 e. The van der Waals surface area contributed by atoms with E-state index in [1.54, 1.807) is 0 Å². The van der Waals surface area contributed by atoms with E-state index in [0.29, 0.717) is 17.4 Å². The van der Waals surface area contributed by atoms with Crippen molar-refractivity contribution in [2.24, 2.45) is 0 Å². The number of rotatable bonds is 55. The van der Waals surface area contributed by atoms with E-state index < -0.39 is 26.5 Å². The van der Waals surface area contributed by atoms with Crippen molar-refractivity contribution in [2.75, 3.05) is 47.5 Å². The molecule has 2 atom stereocenters. The van der Waals surface area contributed by atoms with Crippen molar-refractivity contribution in [3.8, 4) is 0 Å². The molecule has 0 bridgehead atoms. The van der Waals surface area contributed by atoms with Crippen molar-refractivity contribution in [1.82, 2.24) is 0 Å². The Morgan fingerprint density at radius 2 is 0.771 bits per heavy atom. The van der Waals surface area contributed by atoms with Gasteiger partial charge in [0, 0.05) is 12.8 Å². The van der Waals surface area contributed by atoms with Gasteiger partial charge in [0.15, 0.2) is 6.10 Å². The van der Waals surface area contributed by atoms with E-state index in [9.17, 15) is 19.0 Å². The fraction of sp³-hybridized carbons (Fsp3) is 0.867. The summed E-state index contributed by atoms with van der Waals surface area (Å²) >= 11 is 0. The lowest BCUT2D eigenvalue weighted by Gasteiger charge is -2.28. The van der Waals surface area contributed by atoms with Crippen LogP contribution < -0.4 is 4.89 Å². The van der Waals surface area contributed by atoms with Crippen LogP contribution in [-0.4, -0.2) is 70.0 Å². The van der Waals surface area contributed by atoms with Gasteiger partial charge in [-0.15, -0.1) is 0 Å². The van der Waals surface area contributed by atoms with Gasteiger partial charge in [0.1, 0.15) is 19.8 Å². The molecule has 2 unspecified atom stereocenters. The molecular weight excluding hydrogens is 894 g/mol. The molecule has 0 amide bonds. The molecule has 0 fully saturated rings. The minimum atomic E-state index is -4.63. The number of unbranched alkanes of at least 4 members (excludes halogenated alkanes) is 35. The molecule has 0 saturated carbocycles. The number of carbonyl (C=O) groups is 2. The van der Waals surface area contributed by atoms with Crippen LogP contribution in [-0.2, 0) is 32.7 Å². The third-order valence-corrected chi connectivity index (χ3v) is 14.1. The first-order valence-corrected chi connectivity index (χ1v) is 31.2. The Balaban J connectivity index is 4.04. The monoisotopic (exact) mass is 1010 g/mol. The van der Waals surface area contributed by atoms with Gasteiger partial charge in [-0.05, 0) is 70.6 Å². The summed E-state index contributed by atoms with van der Waals surface area (Å²) in [5.41, 5.74) is 0. The molecule has 0 saturated heterocycles. The van der Waals surface area contributed by atoms with Crippen LogP contribution in [0.2, 0.25) is 0 Å². The second kappa shape index (κ2) is 52.1. The van der Waals surface area contributed by atoms with E-state index >= 15 is 0 Å². The van der Waals surface area contributed by atoms with Gasteiger partial charge in [-0.25, -0.2) is 0 Å². The molecule has 0 rings (SSSR count). The van der Waals surface area contributed by atoms with Crippen LogP contribution in [0, 0.1) is 0 Å². The minimum absolute atomic E-state index is 0.0304. The summed E-state index contributed by atoms with van der Waals surface area (Å²) in [6.45, 7) is 4.25. The van der Waals surface area contributed by atoms with Crippen molar-refractivity contribution >= 4 is 19.8 Å². The van der Waals surface area contributed by atoms with Crippen LogP contribution in [0.5, 0.6) is 0 Å². The first kappa shape index (κ1) is 68.2. The Morgan fingerprint density at radius 3 is 1.14 bits per heavy atom. The average molecular weight is 1010 g/mol. The topological polar surface area (TPSA) is 111 Å². The van der Waals surface area contributed by atoms with Gasteiger partial charge in [-0.3, -0.25) is 14.2 Å². The first-order chi connectivity index (χ1) is 34.0. The lowest BCUT2D eigenvalue weighted by atomic mass is 10.0. The Hall–Kier alpha value is -1.77. The SMILES string of the molecule is CCCCCCC/C=C\C/C=C\CCCCCCCCCCCCCCCCCCCCCC(=O)OC(COC(=O)CCCCCCC/C=C\CCCCCCCC)COP(=O)([O-])OCC[N+](C)(C)C. The number of quaternary nitrogens is 1. The summed E-state index contributed by atoms with van der Waals surface area (Å²) in [7, 11) is 1.17. The van der Waals surface area contributed by atoms with Crippen LogP contribution >= 0.6 is 7.82 Å². The first-order valence-electron chi connectivity index (χ1n) is 29.7. The predicted molar refractivity (Wildman–Crippen MR) is 296 cm³/mol. The van der Waals surface area contributed by atoms with Crippen molar-refractivity contribution < 1.29 is 42.1 Å². The molecule has 0 aliphatic heterocycles. The molecule has 0 spiro atoms. The zero-order valence-electron chi connectivity index (χ0n) is 46.7. The molecular formula is C60H114NO8P. The van der Waals surface area contributed by atoms with Crippen molar-refractivity contribution in [3.63, 3.8) is 0 Å². The molecule has 412 valence electrons. The Labute approximate surface area is 433 Å². The second-order valence-corrected chi connectivity index (χ2v) is 22.8. The number of ether oxygens (including phenoxy) is 2. The summed E-state index contributed by atoms with van der Waals surface area (Å²) in [6.07, 6.45) is 63.4. The van der Waals surface area contributed by atoms with Crippen molar-refractivity contribution in [1.29, 1.82) is 0 Å². The molecule has 0 heterocycles. The second-order valence-electron chi connectivity index (χ2n) is 21.4. The van der Waals surface area contributed by atoms with E-state index in [-0.39, 0.29) is 32.0 Å². The Morgan fingerprint density at radius 1 is 0.443 bits per heavy atom. The number of carbonyl (C=O) groups excluding carboxylic acids is 2. The van der Waals surface area contributed by atoms with E-state index in [4.69, 9.17) is 18.5 Å². The third kappa shape index (κ3) is 55.5. The van der Waals surface area contributed by atoms with Crippen molar-refractivity contribution in [2.45, 2.75) is 290 Å². The molecule has 0 aromatic carbocycles. The zero-order chi connectivity index (χ0) is 51.3. The maximum Gasteiger partial charge on any atom is 0.306 e. The number of phosphoric acid groups is 1. The molecule has 10 heteroatoms. The van der Waals surface area contributed by atoms with E-state index in [2.05, 4.69) is 50.3 Å². The quantitative estimate of drug-likeness (QED) is 0.0195. The summed E-state index contributed by atoms with van der Waals surface area (Å²) in [6, 6.07) is 0. The highest BCUT2D eigenvalue weighted by Gasteiger charge is 2.22. The molecule has 0 aliphatic carbocycles. The highest BCUT2D eigenvalue weighted by molar-refractivity contribution is 7.45. The van der Waals surface area contributed by atoms with Gasteiger partial charge in [0.05, 0.1) is 27.7 Å². The van der Waals surface area contributed by atoms with E-state index in [1.807, 2.05) is 21.1 Å². The van der Waals surface area contributed by atoms with Gasteiger partial charge in [0.2, 0.25) is 0 Å². The summed E-state index contributed by atoms with van der Waals surface area (Å²) < 4.78 is 34.1. The minimum Gasteiger partial charge on any atom is -0.756 e. The highest BCUT2D eigenvalue weighted by Crippen LogP contribution is 2.38. The van der Waals surface area contributed by atoms with Gasteiger partial charge >= 0.3 is 11.9 Å². The molecule has 0 N–H and O–H groups in total. The number of likely N-dealkylation sites (N-methyl/N-ethyl adjacent to an activating group) is 1. The lowest BCUT2D eigenvalue weighted by molar-refractivity contribution is -0.870. The van der Waals surface area contributed by atoms with Crippen molar-refractivity contribution in [3.05, 3.63) is 36.5 Å². The molecule has 0 aromatic rings. The van der Waals surface area contributed by atoms with Gasteiger partial charge < -0.3 is 27.9 Å². The average Bonchev–Trinajstić information content (AvgIpc) is 3.32. The maximum absolute atomic E-state index is 12.8. The fourth-order valence-electron chi connectivity index (χ4n) is 8.51. The van der Waals surface area contributed by atoms with Crippen LogP contribution in [0.4, 0.5) is 0 Å². The molecule has 0 radical (unpaired) electrons. The highest BCUT2D eigenvalue weighted by atomic mass is 31.2. The molecule has 9 nitrogen and oxygen atoms in total. The van der Waals surface area contributed by atoms with E-state index in [1.165, 1.54) is 193 Å². The maximum atomic E-state index is 12.8. The number of esters is 2. The van der Waals surface area contributed by atoms with Crippen LogP contribution in [0.25, 0.3) is 0 Å². The van der Waals surface area contributed by atoms with Crippen LogP contribution in [0.1, 0.15) is 284 Å². The summed E-state index contributed by atoms with van der Waals surface area (Å²) in [4.78, 5) is 37.8. The van der Waals surface area contributed by atoms with Gasteiger partial charge in [-0.1, -0.05) is 237 Å². The molecule has 70 heavy (non-hydrogen) atoms. The fourth-order valence-corrected chi connectivity index (χ4v) is 9.24. The zero-order valence-corrected chi connectivity index (χ0v) is 47.6. The number of nitrogens with zero attached hydrogens (tertiary/aromatic N) is 1. The number of hydrogen-bond acceptors (Lipinski definition) is 8. The number of phosphoric ester groups is 1. The predicted octanol–water partition coefficient (Wildman–Crippen LogP) is 17.7. The normalized spacial score (nSPS) is 13.5. The smallest absolute Gasteiger partial charge is 0.306 e. The van der Waals surface area contributed by atoms with E-state index in [0.717, 1.165) is 57.8 Å². The van der Waals surface area contributed by atoms with Gasteiger partial charge in [0.25, 0.3) is 7.82 Å². The lowest BCUT2D eigenvalue weighted by Crippen LogP contribution is -2.37. The van der Waals surface area contributed by atoms with Gasteiger partial charge in [-0.2, -0.15) is 0 Å². The summed E-state index contributed by atoms with van der Waals surface area (Å²) in [5, 5.41) is 0. The molecule has 0 aliphatic rings. The standard InChI is InChI=1S/C60H114NO8P/c1-6-8-10-12-14-16-18-20-22-23-24-25-26-27-28-29-30-31-32-33-34-35-36-37-39-41-43-45-47-49-51-53-60(63)69-58(57-68-70(64,65)67-55-54-61(3,4)5)56-66-59(62)52-50-48-46-44-42-40-38-21-19-17-15-13-11-9-7-2/h18,20-21,23-24,38,58H,6-17,19,22,25-37,39-57H2,1-5H3/b20-18-,24-23-,38-21-.